The van der Waals surface area contributed by atoms with Crippen molar-refractivity contribution < 1.29 is 23.1 Å². The van der Waals surface area contributed by atoms with E-state index in [2.05, 4.69) is 0 Å². The van der Waals surface area contributed by atoms with Crippen molar-refractivity contribution in [2.75, 3.05) is 0 Å². The van der Waals surface area contributed by atoms with Crippen LogP contribution in [0.15, 0.2) is 35.1 Å². The van der Waals surface area contributed by atoms with Crippen LogP contribution in [0.4, 0.5) is 13.2 Å². The molecule has 2 rings (SSSR count). The molecule has 0 atom stereocenters. The molecule has 22 heavy (non-hydrogen) atoms. The molecule has 116 valence electrons. The molecule has 1 N–H and O–H groups in total. The van der Waals surface area contributed by atoms with Crippen molar-refractivity contribution in [1.82, 2.24) is 4.57 Å². The molecule has 0 radical (unpaired) electrons. The maximum atomic E-state index is 12.8. The Morgan fingerprint density at radius 2 is 1.86 bits per heavy atom. The highest BCUT2D eigenvalue weighted by Gasteiger charge is 2.30. The molecule has 0 spiro atoms. The predicted octanol–water partition coefficient (Wildman–Crippen LogP) is 3.08. The Kier molecular flexibility index (Phi) is 3.83. The first-order valence-electron chi connectivity index (χ1n) is 6.24. The Hall–Kier alpha value is -2.57. The van der Waals surface area contributed by atoms with Crippen molar-refractivity contribution in [1.29, 1.82) is 0 Å². The molecule has 0 aliphatic carbocycles. The van der Waals surface area contributed by atoms with Gasteiger partial charge in [0.05, 0.1) is 11.3 Å². The summed E-state index contributed by atoms with van der Waals surface area (Å²) >= 11 is 0. The summed E-state index contributed by atoms with van der Waals surface area (Å²) in [6, 6.07) is 5.92. The number of carbonyl (C=O) groups is 1. The fourth-order valence-electron chi connectivity index (χ4n) is 2.21. The van der Waals surface area contributed by atoms with Gasteiger partial charge >= 0.3 is 12.1 Å². The van der Waals surface area contributed by atoms with E-state index in [1.807, 2.05) is 0 Å². The smallest absolute Gasteiger partial charge is 0.416 e. The van der Waals surface area contributed by atoms with E-state index in [1.54, 1.807) is 0 Å². The zero-order valence-corrected chi connectivity index (χ0v) is 11.7. The second kappa shape index (κ2) is 5.32. The molecule has 0 saturated carbocycles. The Morgan fingerprint density at radius 3 is 2.41 bits per heavy atom. The summed E-state index contributed by atoms with van der Waals surface area (Å²) in [5.74, 6) is -1.37. The lowest BCUT2D eigenvalue weighted by molar-refractivity contribution is -0.137. The molecular formula is C15H12F3NO3. The summed E-state index contributed by atoms with van der Waals surface area (Å²) < 4.78 is 39.3. The Balaban J connectivity index is 2.70. The van der Waals surface area contributed by atoms with Gasteiger partial charge in [-0.3, -0.25) is 4.79 Å². The van der Waals surface area contributed by atoms with E-state index in [0.717, 1.165) is 16.7 Å². The van der Waals surface area contributed by atoms with Crippen LogP contribution in [-0.4, -0.2) is 15.6 Å². The minimum Gasteiger partial charge on any atom is -0.477 e. The van der Waals surface area contributed by atoms with Crippen LogP contribution < -0.4 is 5.56 Å². The number of carboxylic acids is 1. The summed E-state index contributed by atoms with van der Waals surface area (Å²) in [4.78, 5) is 23.1. The fraction of sp³-hybridized carbons (Fsp3) is 0.200. The molecule has 4 nitrogen and oxygen atoms in total. The highest BCUT2D eigenvalue weighted by Crippen LogP contribution is 2.32. The molecule has 0 amide bonds. The Labute approximate surface area is 123 Å². The van der Waals surface area contributed by atoms with Gasteiger partial charge in [0.15, 0.2) is 0 Å². The third-order valence-corrected chi connectivity index (χ3v) is 3.33. The Morgan fingerprint density at radius 1 is 1.23 bits per heavy atom. The first-order valence-corrected chi connectivity index (χ1v) is 6.24. The maximum Gasteiger partial charge on any atom is 0.416 e. The zero-order chi connectivity index (χ0) is 16.7. The van der Waals surface area contributed by atoms with E-state index in [9.17, 15) is 22.8 Å². The topological polar surface area (TPSA) is 59.3 Å². The van der Waals surface area contributed by atoms with Crippen LogP contribution in [-0.2, 0) is 13.2 Å². The van der Waals surface area contributed by atoms with Crippen molar-refractivity contribution in [2.24, 2.45) is 7.05 Å². The van der Waals surface area contributed by atoms with Crippen LogP contribution in [0.1, 0.15) is 21.5 Å². The second-order valence-electron chi connectivity index (χ2n) is 4.84. The van der Waals surface area contributed by atoms with E-state index in [1.165, 1.54) is 32.2 Å². The van der Waals surface area contributed by atoms with Gasteiger partial charge in [-0.15, -0.1) is 0 Å². The second-order valence-corrected chi connectivity index (χ2v) is 4.84. The van der Waals surface area contributed by atoms with Gasteiger partial charge in [-0.2, -0.15) is 13.2 Å². The van der Waals surface area contributed by atoms with Crippen LogP contribution >= 0.6 is 0 Å². The summed E-state index contributed by atoms with van der Waals surface area (Å²) in [6.45, 7) is 1.43. The monoisotopic (exact) mass is 311 g/mol. The van der Waals surface area contributed by atoms with E-state index in [0.29, 0.717) is 0 Å². The van der Waals surface area contributed by atoms with Crippen molar-refractivity contribution in [3.05, 3.63) is 57.4 Å². The SMILES string of the molecule is Cc1cc(-c2cccc(C(F)(F)F)c2)n(C)c(=O)c1C(=O)O. The van der Waals surface area contributed by atoms with Gasteiger partial charge in [0, 0.05) is 7.05 Å². The number of halogens is 3. The summed E-state index contributed by atoms with van der Waals surface area (Å²) in [7, 11) is 1.32. The summed E-state index contributed by atoms with van der Waals surface area (Å²) in [5.41, 5.74) is -1.38. The van der Waals surface area contributed by atoms with Gasteiger partial charge < -0.3 is 9.67 Å². The largest absolute Gasteiger partial charge is 0.477 e. The molecule has 0 unspecified atom stereocenters. The normalized spacial score (nSPS) is 11.5. The number of carboxylic acid groups (broad SMARTS) is 1. The van der Waals surface area contributed by atoms with Crippen molar-refractivity contribution >= 4 is 5.97 Å². The number of hydrogen-bond acceptors (Lipinski definition) is 2. The molecular weight excluding hydrogens is 299 g/mol. The number of aromatic carboxylic acids is 1. The highest BCUT2D eigenvalue weighted by molar-refractivity contribution is 5.89. The van der Waals surface area contributed by atoms with Crippen LogP contribution in [0, 0.1) is 6.92 Å². The molecule has 0 fully saturated rings. The number of aryl methyl sites for hydroxylation is 1. The minimum atomic E-state index is -4.50. The van der Waals surface area contributed by atoms with Crippen molar-refractivity contribution in [3.63, 3.8) is 0 Å². The number of nitrogens with zero attached hydrogens (tertiary/aromatic N) is 1. The van der Waals surface area contributed by atoms with Gasteiger partial charge in [0.25, 0.3) is 5.56 Å². The van der Waals surface area contributed by atoms with Gasteiger partial charge in [0.2, 0.25) is 0 Å². The van der Waals surface area contributed by atoms with Gasteiger partial charge in [0.1, 0.15) is 5.56 Å². The van der Waals surface area contributed by atoms with E-state index in [4.69, 9.17) is 5.11 Å². The fourth-order valence-corrected chi connectivity index (χ4v) is 2.21. The summed E-state index contributed by atoms with van der Waals surface area (Å²) in [5, 5.41) is 9.02. The molecule has 1 aromatic heterocycles. The van der Waals surface area contributed by atoms with Crippen LogP contribution in [0.25, 0.3) is 11.3 Å². The Bertz CT molecular complexity index is 807. The number of aromatic nitrogens is 1. The minimum absolute atomic E-state index is 0.189. The molecule has 1 heterocycles. The van der Waals surface area contributed by atoms with E-state index < -0.39 is 28.8 Å². The zero-order valence-electron chi connectivity index (χ0n) is 11.7. The van der Waals surface area contributed by atoms with Crippen LogP contribution in [0.2, 0.25) is 0 Å². The molecule has 1 aromatic carbocycles. The number of rotatable bonds is 2. The van der Waals surface area contributed by atoms with Crippen molar-refractivity contribution in [3.8, 4) is 11.3 Å². The van der Waals surface area contributed by atoms with E-state index >= 15 is 0 Å². The molecule has 7 heteroatoms. The van der Waals surface area contributed by atoms with Gasteiger partial charge in [-0.25, -0.2) is 4.79 Å². The van der Waals surface area contributed by atoms with Gasteiger partial charge in [-0.05, 0) is 36.2 Å². The molecule has 0 bridgehead atoms. The quantitative estimate of drug-likeness (QED) is 0.927. The predicted molar refractivity (Wildman–Crippen MR) is 73.8 cm³/mol. The first kappa shape index (κ1) is 15.8. The lowest BCUT2D eigenvalue weighted by Crippen LogP contribution is -2.26. The lowest BCUT2D eigenvalue weighted by Gasteiger charge is -2.13. The van der Waals surface area contributed by atoms with Gasteiger partial charge in [-0.1, -0.05) is 12.1 Å². The molecule has 2 aromatic rings. The van der Waals surface area contributed by atoms with Crippen LogP contribution in [0.3, 0.4) is 0 Å². The third-order valence-electron chi connectivity index (χ3n) is 3.33. The maximum absolute atomic E-state index is 12.8. The number of alkyl halides is 3. The molecule has 0 saturated heterocycles. The third kappa shape index (κ3) is 2.74. The standard InChI is InChI=1S/C15H12F3NO3/c1-8-6-11(19(2)13(20)12(8)14(21)22)9-4-3-5-10(7-9)15(16,17)18/h3-7H,1-2H3,(H,21,22). The lowest BCUT2D eigenvalue weighted by atomic mass is 10.0. The van der Waals surface area contributed by atoms with Crippen molar-refractivity contribution in [2.45, 2.75) is 13.1 Å². The average molecular weight is 311 g/mol. The molecule has 0 aliphatic rings. The average Bonchev–Trinajstić information content (AvgIpc) is 2.42. The number of pyridine rings is 1. The first-order chi connectivity index (χ1) is 10.1. The van der Waals surface area contributed by atoms with Crippen LogP contribution in [0.5, 0.6) is 0 Å². The summed E-state index contributed by atoms with van der Waals surface area (Å²) in [6.07, 6.45) is -4.50. The highest BCUT2D eigenvalue weighted by atomic mass is 19.4. The number of hydrogen-bond donors (Lipinski definition) is 1. The molecule has 0 aliphatic heterocycles. The van der Waals surface area contributed by atoms with E-state index in [-0.39, 0.29) is 16.8 Å². The number of benzene rings is 1.